The van der Waals surface area contributed by atoms with Crippen molar-refractivity contribution >= 4 is 17.3 Å². The molecule has 1 heterocycles. The van der Waals surface area contributed by atoms with Gasteiger partial charge in [0.05, 0.1) is 17.2 Å². The fraction of sp³-hybridized carbons (Fsp3) is 0.312. The zero-order valence-corrected chi connectivity index (χ0v) is 12.7. The predicted molar refractivity (Wildman–Crippen MR) is 83.5 cm³/mol. The monoisotopic (exact) mass is 290 g/mol. The summed E-state index contributed by atoms with van der Waals surface area (Å²) in [5, 5.41) is 4.01. The van der Waals surface area contributed by atoms with E-state index >= 15 is 0 Å². The normalized spacial score (nSPS) is 12.2. The minimum atomic E-state index is 0.112. The summed E-state index contributed by atoms with van der Waals surface area (Å²) in [6.45, 7) is 6.05. The molecule has 1 aromatic carbocycles. The van der Waals surface area contributed by atoms with E-state index in [9.17, 15) is 0 Å². The summed E-state index contributed by atoms with van der Waals surface area (Å²) in [6, 6.07) is 9.88. The van der Waals surface area contributed by atoms with Crippen molar-refractivity contribution in [3.05, 3.63) is 53.3 Å². The second-order valence-corrected chi connectivity index (χ2v) is 5.37. The maximum absolute atomic E-state index is 6.23. The number of nitrogens with one attached hydrogen (secondary N) is 1. The van der Waals surface area contributed by atoms with Crippen molar-refractivity contribution in [2.75, 3.05) is 5.32 Å². The lowest BCUT2D eigenvalue weighted by Gasteiger charge is -2.17. The number of nitrogens with zero attached hydrogens (tertiary/aromatic N) is 1. The van der Waals surface area contributed by atoms with E-state index in [0.717, 1.165) is 11.3 Å². The van der Waals surface area contributed by atoms with Crippen LogP contribution in [0.3, 0.4) is 0 Å². The average molecular weight is 291 g/mol. The van der Waals surface area contributed by atoms with Gasteiger partial charge in [0.1, 0.15) is 5.75 Å². The summed E-state index contributed by atoms with van der Waals surface area (Å²) in [6.07, 6.45) is 3.74. The molecule has 1 unspecified atom stereocenters. The molecule has 0 saturated heterocycles. The van der Waals surface area contributed by atoms with Gasteiger partial charge in [0.15, 0.2) is 0 Å². The highest BCUT2D eigenvalue weighted by molar-refractivity contribution is 6.32. The van der Waals surface area contributed by atoms with Crippen LogP contribution in [-0.4, -0.2) is 11.1 Å². The van der Waals surface area contributed by atoms with Crippen LogP contribution >= 0.6 is 11.6 Å². The second-order valence-electron chi connectivity index (χ2n) is 4.96. The third-order valence-corrected chi connectivity index (χ3v) is 3.16. The number of aromatic nitrogens is 1. The fourth-order valence-corrected chi connectivity index (χ4v) is 2.13. The molecule has 20 heavy (non-hydrogen) atoms. The van der Waals surface area contributed by atoms with E-state index in [1.165, 1.54) is 0 Å². The Kier molecular flexibility index (Phi) is 4.85. The standard InChI is InChI=1S/C16H19ClN2O/c1-11(2)20-16-7-6-14(9-15(16)17)19-12(3)13-5-4-8-18-10-13/h4-12,19H,1-3H3. The number of halogens is 1. The topological polar surface area (TPSA) is 34.1 Å². The maximum Gasteiger partial charge on any atom is 0.138 e. The highest BCUT2D eigenvalue weighted by atomic mass is 35.5. The summed E-state index contributed by atoms with van der Waals surface area (Å²) in [4.78, 5) is 4.13. The van der Waals surface area contributed by atoms with Gasteiger partial charge in [-0.05, 0) is 50.6 Å². The van der Waals surface area contributed by atoms with Crippen LogP contribution in [0.1, 0.15) is 32.4 Å². The second kappa shape index (κ2) is 6.62. The van der Waals surface area contributed by atoms with Crippen LogP contribution < -0.4 is 10.1 Å². The Hall–Kier alpha value is -1.74. The van der Waals surface area contributed by atoms with Crippen LogP contribution in [0.25, 0.3) is 0 Å². The molecule has 0 bridgehead atoms. The lowest BCUT2D eigenvalue weighted by Crippen LogP contribution is -2.08. The van der Waals surface area contributed by atoms with Crippen molar-refractivity contribution in [3.8, 4) is 5.75 Å². The minimum Gasteiger partial charge on any atom is -0.489 e. The molecular formula is C16H19ClN2O. The first-order valence-electron chi connectivity index (χ1n) is 6.69. The Morgan fingerprint density at radius 1 is 1.20 bits per heavy atom. The van der Waals surface area contributed by atoms with Crippen molar-refractivity contribution in [1.82, 2.24) is 4.98 Å². The molecule has 0 aliphatic heterocycles. The first-order valence-corrected chi connectivity index (χ1v) is 7.06. The molecule has 2 rings (SSSR count). The Bertz CT molecular complexity index is 558. The fourth-order valence-electron chi connectivity index (χ4n) is 1.91. The van der Waals surface area contributed by atoms with Gasteiger partial charge < -0.3 is 10.1 Å². The Morgan fingerprint density at radius 2 is 2.00 bits per heavy atom. The molecule has 0 spiro atoms. The number of ether oxygens (including phenoxy) is 1. The van der Waals surface area contributed by atoms with Crippen molar-refractivity contribution in [2.24, 2.45) is 0 Å². The average Bonchev–Trinajstić information content (AvgIpc) is 2.42. The van der Waals surface area contributed by atoms with Crippen LogP contribution in [0.4, 0.5) is 5.69 Å². The van der Waals surface area contributed by atoms with E-state index in [1.807, 2.05) is 50.4 Å². The number of anilines is 1. The maximum atomic E-state index is 6.23. The molecule has 0 fully saturated rings. The molecule has 106 valence electrons. The quantitative estimate of drug-likeness (QED) is 0.867. The van der Waals surface area contributed by atoms with Crippen molar-refractivity contribution < 1.29 is 4.74 Å². The van der Waals surface area contributed by atoms with E-state index < -0.39 is 0 Å². The Morgan fingerprint density at radius 3 is 2.60 bits per heavy atom. The first kappa shape index (κ1) is 14.7. The number of hydrogen-bond donors (Lipinski definition) is 1. The Labute approximate surface area is 124 Å². The lowest BCUT2D eigenvalue weighted by molar-refractivity contribution is 0.242. The molecule has 3 nitrogen and oxygen atoms in total. The van der Waals surface area contributed by atoms with E-state index in [0.29, 0.717) is 10.8 Å². The third kappa shape index (κ3) is 3.87. The molecular weight excluding hydrogens is 272 g/mol. The van der Waals surface area contributed by atoms with Gasteiger partial charge in [-0.2, -0.15) is 0 Å². The zero-order valence-electron chi connectivity index (χ0n) is 11.9. The van der Waals surface area contributed by atoms with E-state index in [-0.39, 0.29) is 12.1 Å². The van der Waals surface area contributed by atoms with E-state index in [1.54, 1.807) is 6.20 Å². The molecule has 1 atom stereocenters. The molecule has 0 aliphatic carbocycles. The van der Waals surface area contributed by atoms with E-state index in [2.05, 4.69) is 17.2 Å². The van der Waals surface area contributed by atoms with Crippen molar-refractivity contribution in [3.63, 3.8) is 0 Å². The smallest absolute Gasteiger partial charge is 0.138 e. The molecule has 0 amide bonds. The lowest BCUT2D eigenvalue weighted by atomic mass is 10.1. The van der Waals surface area contributed by atoms with Gasteiger partial charge in [0, 0.05) is 18.1 Å². The largest absolute Gasteiger partial charge is 0.489 e. The van der Waals surface area contributed by atoms with Crippen LogP contribution in [0, 0.1) is 0 Å². The third-order valence-electron chi connectivity index (χ3n) is 2.86. The Balaban J connectivity index is 2.09. The summed E-state index contributed by atoms with van der Waals surface area (Å²) in [7, 11) is 0. The first-order chi connectivity index (χ1) is 9.56. The molecule has 0 saturated carbocycles. The van der Waals surface area contributed by atoms with Crippen molar-refractivity contribution in [2.45, 2.75) is 32.9 Å². The van der Waals surface area contributed by atoms with Crippen LogP contribution in [0.2, 0.25) is 5.02 Å². The summed E-state index contributed by atoms with van der Waals surface area (Å²) in [5.74, 6) is 0.709. The molecule has 0 aliphatic rings. The zero-order chi connectivity index (χ0) is 14.5. The van der Waals surface area contributed by atoms with Crippen LogP contribution in [0.5, 0.6) is 5.75 Å². The predicted octanol–water partition coefficient (Wildman–Crippen LogP) is 4.70. The van der Waals surface area contributed by atoms with Gasteiger partial charge in [0.2, 0.25) is 0 Å². The van der Waals surface area contributed by atoms with Gasteiger partial charge in [-0.25, -0.2) is 0 Å². The highest BCUT2D eigenvalue weighted by Gasteiger charge is 2.08. The summed E-state index contributed by atoms with van der Waals surface area (Å²) in [5.41, 5.74) is 2.09. The molecule has 2 aromatic rings. The number of pyridine rings is 1. The van der Waals surface area contributed by atoms with Gasteiger partial charge in [-0.1, -0.05) is 17.7 Å². The van der Waals surface area contributed by atoms with Gasteiger partial charge >= 0.3 is 0 Å². The molecule has 4 heteroatoms. The van der Waals surface area contributed by atoms with Crippen molar-refractivity contribution in [1.29, 1.82) is 0 Å². The summed E-state index contributed by atoms with van der Waals surface area (Å²) < 4.78 is 5.62. The number of hydrogen-bond acceptors (Lipinski definition) is 3. The van der Waals surface area contributed by atoms with E-state index in [4.69, 9.17) is 16.3 Å². The van der Waals surface area contributed by atoms with Crippen LogP contribution in [-0.2, 0) is 0 Å². The minimum absolute atomic E-state index is 0.112. The van der Waals surface area contributed by atoms with Gasteiger partial charge in [-0.15, -0.1) is 0 Å². The molecule has 1 aromatic heterocycles. The molecule has 1 N–H and O–H groups in total. The SMILES string of the molecule is CC(C)Oc1ccc(NC(C)c2cccnc2)cc1Cl. The number of benzene rings is 1. The number of rotatable bonds is 5. The molecule has 0 radical (unpaired) electrons. The van der Waals surface area contributed by atoms with Crippen LogP contribution in [0.15, 0.2) is 42.7 Å². The summed E-state index contributed by atoms with van der Waals surface area (Å²) >= 11 is 6.23. The van der Waals surface area contributed by atoms with Gasteiger partial charge in [-0.3, -0.25) is 4.98 Å². The van der Waals surface area contributed by atoms with Gasteiger partial charge in [0.25, 0.3) is 0 Å². The highest BCUT2D eigenvalue weighted by Crippen LogP contribution is 2.30.